The van der Waals surface area contributed by atoms with Crippen LogP contribution in [0.3, 0.4) is 0 Å². The lowest BCUT2D eigenvalue weighted by Gasteiger charge is -2.21. The minimum Gasteiger partial charge on any atom is -0.307 e. The molecule has 6 aromatic carbocycles. The summed E-state index contributed by atoms with van der Waals surface area (Å²) in [5.41, 5.74) is -11.4. The normalized spacial score (nSPS) is 13.0. The van der Waals surface area contributed by atoms with Crippen molar-refractivity contribution in [3.05, 3.63) is 142 Å². The van der Waals surface area contributed by atoms with E-state index in [4.69, 9.17) is 0 Å². The van der Waals surface area contributed by atoms with E-state index in [2.05, 4.69) is 0 Å². The third kappa shape index (κ3) is 6.77. The van der Waals surface area contributed by atoms with Crippen LogP contribution in [-0.4, -0.2) is 9.13 Å². The van der Waals surface area contributed by atoms with Gasteiger partial charge in [0.1, 0.15) is 0 Å². The number of hydrogen-bond donors (Lipinski definition) is 0. The molecule has 8 aromatic rings. The fraction of sp³-hybridized carbons (Fsp3) is 0.116. The molecule has 2 aromatic heterocycles. The number of nitriles is 2. The number of rotatable bonds is 3. The highest BCUT2D eigenvalue weighted by molar-refractivity contribution is 6.12. The largest absolute Gasteiger partial charge is 0.417 e. The summed E-state index contributed by atoms with van der Waals surface area (Å²) in [7, 11) is 0. The second-order valence-electron chi connectivity index (χ2n) is 13.9. The van der Waals surface area contributed by atoms with Crippen LogP contribution in [0.2, 0.25) is 0 Å². The molecule has 19 heteroatoms. The summed E-state index contributed by atoms with van der Waals surface area (Å²) in [6, 6.07) is 15.6. The van der Waals surface area contributed by atoms with Gasteiger partial charge in [0, 0.05) is 32.7 Å². The van der Waals surface area contributed by atoms with Crippen molar-refractivity contribution in [2.75, 3.05) is 0 Å². The molecule has 0 aliphatic rings. The van der Waals surface area contributed by atoms with Gasteiger partial charge in [-0.2, -0.15) is 76.4 Å². The zero-order valence-electron chi connectivity index (χ0n) is 30.3. The number of fused-ring (bicyclic) bond motifs is 6. The number of benzene rings is 6. The molecule has 0 unspecified atom stereocenters. The maximum atomic E-state index is 14.7. The molecule has 8 rings (SSSR count). The van der Waals surface area contributed by atoms with Crippen molar-refractivity contribution in [3.8, 4) is 34.6 Å². The summed E-state index contributed by atoms with van der Waals surface area (Å²) in [6.45, 7) is 0. The smallest absolute Gasteiger partial charge is 0.307 e. The van der Waals surface area contributed by atoms with Gasteiger partial charge in [0.25, 0.3) is 0 Å². The second-order valence-corrected chi connectivity index (χ2v) is 13.9. The highest BCUT2D eigenvalue weighted by Crippen LogP contribution is 2.47. The summed E-state index contributed by atoms with van der Waals surface area (Å²) in [6.07, 6.45) is -25.3. The van der Waals surface area contributed by atoms with Crippen LogP contribution in [0.25, 0.3) is 66.1 Å². The van der Waals surface area contributed by atoms with E-state index in [1.807, 2.05) is 0 Å². The van der Waals surface area contributed by atoms with Gasteiger partial charge in [0.2, 0.25) is 0 Å². The zero-order chi connectivity index (χ0) is 45.1. The van der Waals surface area contributed by atoms with Gasteiger partial charge in [-0.15, -0.1) is 0 Å². The van der Waals surface area contributed by atoms with Crippen LogP contribution in [0.15, 0.2) is 103 Å². The van der Waals surface area contributed by atoms with Gasteiger partial charge in [0.05, 0.1) is 84.5 Å². The van der Waals surface area contributed by atoms with Crippen molar-refractivity contribution in [1.82, 2.24) is 9.13 Å². The Morgan fingerprint density at radius 3 is 1.02 bits per heavy atom. The Kier molecular flexibility index (Phi) is 9.18. The molecule has 0 saturated heterocycles. The molecule has 0 aliphatic carbocycles. The van der Waals surface area contributed by atoms with E-state index in [1.165, 1.54) is 0 Å². The Labute approximate surface area is 336 Å². The third-order valence-corrected chi connectivity index (χ3v) is 10.3. The minimum absolute atomic E-state index is 0.266. The Hall–Kier alpha value is -7.15. The van der Waals surface area contributed by atoms with Gasteiger partial charge >= 0.3 is 30.9 Å². The molecule has 4 nitrogen and oxygen atoms in total. The van der Waals surface area contributed by atoms with Gasteiger partial charge in [-0.05, 0) is 97.1 Å². The van der Waals surface area contributed by atoms with Crippen LogP contribution in [0.1, 0.15) is 38.9 Å². The van der Waals surface area contributed by atoms with Crippen LogP contribution in [0.5, 0.6) is 0 Å². The summed E-state index contributed by atoms with van der Waals surface area (Å²) in [5, 5.41) is 18.7. The lowest BCUT2D eigenvalue weighted by atomic mass is 9.90. The Bertz CT molecular complexity index is 3110. The van der Waals surface area contributed by atoms with Crippen molar-refractivity contribution in [3.63, 3.8) is 0 Å². The molecular weight excluding hydrogens is 857 g/mol. The molecule has 0 atom stereocenters. The average Bonchev–Trinajstić information content (AvgIpc) is 3.69. The number of aromatic nitrogens is 2. The third-order valence-electron chi connectivity index (χ3n) is 10.3. The molecule has 62 heavy (non-hydrogen) atoms. The molecule has 314 valence electrons. The van der Waals surface area contributed by atoms with Crippen LogP contribution < -0.4 is 0 Å². The van der Waals surface area contributed by atoms with Crippen molar-refractivity contribution >= 4 is 43.6 Å². The molecule has 0 radical (unpaired) electrons. The maximum Gasteiger partial charge on any atom is 0.417 e. The van der Waals surface area contributed by atoms with Crippen molar-refractivity contribution in [2.24, 2.45) is 0 Å². The first-order valence-corrected chi connectivity index (χ1v) is 17.5. The van der Waals surface area contributed by atoms with Crippen LogP contribution >= 0.6 is 0 Å². The minimum atomic E-state index is -5.19. The lowest BCUT2D eigenvalue weighted by molar-refractivity contribution is -0.138. The van der Waals surface area contributed by atoms with Crippen LogP contribution in [0.4, 0.5) is 65.9 Å². The lowest BCUT2D eigenvalue weighted by Crippen LogP contribution is -2.11. The van der Waals surface area contributed by atoms with E-state index in [9.17, 15) is 76.4 Å². The van der Waals surface area contributed by atoms with Crippen molar-refractivity contribution < 1.29 is 65.9 Å². The molecule has 0 fully saturated rings. The van der Waals surface area contributed by atoms with Crippen molar-refractivity contribution in [1.29, 1.82) is 10.5 Å². The molecule has 0 spiro atoms. The molecule has 0 amide bonds. The summed E-state index contributed by atoms with van der Waals surface area (Å²) < 4.78 is 215. The van der Waals surface area contributed by atoms with E-state index < -0.39 is 108 Å². The van der Waals surface area contributed by atoms with Crippen LogP contribution in [0, 0.1) is 22.7 Å². The number of halogens is 15. The Morgan fingerprint density at radius 2 is 0.710 bits per heavy atom. The Morgan fingerprint density at radius 1 is 0.371 bits per heavy atom. The van der Waals surface area contributed by atoms with Crippen molar-refractivity contribution in [2.45, 2.75) is 30.9 Å². The van der Waals surface area contributed by atoms with Gasteiger partial charge in [-0.25, -0.2) is 0 Å². The summed E-state index contributed by atoms with van der Waals surface area (Å²) >= 11 is 0. The van der Waals surface area contributed by atoms with Crippen LogP contribution in [-0.2, 0) is 30.9 Å². The van der Waals surface area contributed by atoms with E-state index >= 15 is 0 Å². The highest BCUT2D eigenvalue weighted by atomic mass is 19.4. The molecule has 0 bridgehead atoms. The second kappa shape index (κ2) is 13.7. The first kappa shape index (κ1) is 41.6. The molecule has 0 N–H and O–H groups in total. The summed E-state index contributed by atoms with van der Waals surface area (Å²) in [5.74, 6) is 0. The van der Waals surface area contributed by atoms with E-state index in [0.29, 0.717) is 54.6 Å². The predicted octanol–water partition coefficient (Wildman–Crippen LogP) is 14.4. The van der Waals surface area contributed by atoms with E-state index in [0.717, 1.165) is 57.7 Å². The predicted molar refractivity (Wildman–Crippen MR) is 195 cm³/mol. The number of nitrogens with zero attached hydrogens (tertiary/aromatic N) is 4. The maximum absolute atomic E-state index is 14.7. The molecule has 0 aliphatic heterocycles. The number of alkyl halides is 15. The zero-order valence-corrected chi connectivity index (χ0v) is 30.3. The molecular formula is C43H17F15N4. The van der Waals surface area contributed by atoms with Gasteiger partial charge in [0.15, 0.2) is 0 Å². The topological polar surface area (TPSA) is 57.4 Å². The summed E-state index contributed by atoms with van der Waals surface area (Å²) in [4.78, 5) is 0. The van der Waals surface area contributed by atoms with Gasteiger partial charge in [-0.3, -0.25) is 0 Å². The van der Waals surface area contributed by atoms with Gasteiger partial charge in [-0.1, -0.05) is 6.07 Å². The quantitative estimate of drug-likeness (QED) is 0.166. The highest BCUT2D eigenvalue weighted by Gasteiger charge is 2.38. The molecule has 2 heterocycles. The fourth-order valence-corrected chi connectivity index (χ4v) is 7.68. The first-order chi connectivity index (χ1) is 28.8. The number of hydrogen-bond acceptors (Lipinski definition) is 2. The van der Waals surface area contributed by atoms with E-state index in [-0.39, 0.29) is 27.8 Å². The van der Waals surface area contributed by atoms with E-state index in [1.54, 1.807) is 12.1 Å². The standard InChI is InChI=1S/C43H17F15N4/c44-39(45,46)22-4-8-32-27(13-22)28-14-23(40(47,48)49)5-9-33(28)61(32)36-12-21(19-60)26(38-20(18-59)2-1-3-31(38)43(56,57)58)17-37(36)62-34-10-6-24(41(50,51)52)15-29(34)30-16-25(42(53,54)55)7-11-35(30)62/h1-17H. The SMILES string of the molecule is N#Cc1cc(-n2c3ccc(C(F)(F)F)cc3c3cc(C(F)(F)F)ccc32)c(-n2c3ccc(C(F)(F)F)cc3c3cc(C(F)(F)F)ccc32)cc1-c1c(C#N)cccc1C(F)(F)F. The monoisotopic (exact) mass is 874 g/mol. The average molecular weight is 875 g/mol. The fourth-order valence-electron chi connectivity index (χ4n) is 7.68. The Balaban J connectivity index is 1.62. The first-order valence-electron chi connectivity index (χ1n) is 17.5. The van der Waals surface area contributed by atoms with Gasteiger partial charge < -0.3 is 9.13 Å². The molecule has 0 saturated carbocycles.